The van der Waals surface area contributed by atoms with Gasteiger partial charge in [-0.05, 0) is 24.3 Å². The van der Waals surface area contributed by atoms with E-state index in [2.05, 4.69) is 0 Å². The van der Waals surface area contributed by atoms with E-state index in [0.29, 0.717) is 25.0 Å². The SMILES string of the molecule is O=C1CCCCC(CC(=O)SCc2ccccc2)C1. The smallest absolute Gasteiger partial charge is 0.189 e. The van der Waals surface area contributed by atoms with E-state index < -0.39 is 0 Å². The molecule has 0 N–H and O–H groups in total. The van der Waals surface area contributed by atoms with Crippen LogP contribution in [-0.2, 0) is 15.3 Å². The number of hydrogen-bond donors (Lipinski definition) is 0. The van der Waals surface area contributed by atoms with E-state index in [1.54, 1.807) is 0 Å². The summed E-state index contributed by atoms with van der Waals surface area (Å²) in [6.07, 6.45) is 5.00. The number of hydrogen-bond acceptors (Lipinski definition) is 3. The Balaban J connectivity index is 1.76. The molecule has 19 heavy (non-hydrogen) atoms. The average molecular weight is 276 g/mol. The van der Waals surface area contributed by atoms with Crippen molar-refractivity contribution >= 4 is 22.7 Å². The molecule has 1 aromatic carbocycles. The standard InChI is InChI=1S/C16H20O2S/c17-15-9-5-4-8-14(10-15)11-16(18)19-12-13-6-2-1-3-7-13/h1-3,6-7,14H,4-5,8-12H2. The third kappa shape index (κ3) is 5.19. The lowest BCUT2D eigenvalue weighted by Crippen LogP contribution is -2.09. The molecule has 2 nitrogen and oxygen atoms in total. The van der Waals surface area contributed by atoms with Crippen molar-refractivity contribution in [3.05, 3.63) is 35.9 Å². The molecule has 0 aliphatic heterocycles. The Morgan fingerprint density at radius 2 is 2.00 bits per heavy atom. The highest BCUT2D eigenvalue weighted by Crippen LogP contribution is 2.26. The number of thioether (sulfide) groups is 1. The Kier molecular flexibility index (Phi) is 5.64. The van der Waals surface area contributed by atoms with Gasteiger partial charge < -0.3 is 0 Å². The second kappa shape index (κ2) is 7.49. The maximum atomic E-state index is 12.0. The number of rotatable bonds is 4. The summed E-state index contributed by atoms with van der Waals surface area (Å²) in [4.78, 5) is 23.5. The molecule has 0 saturated heterocycles. The van der Waals surface area contributed by atoms with Gasteiger partial charge in [-0.25, -0.2) is 0 Å². The highest BCUT2D eigenvalue weighted by atomic mass is 32.2. The normalized spacial score (nSPS) is 20.0. The number of ketones is 1. The monoisotopic (exact) mass is 276 g/mol. The summed E-state index contributed by atoms with van der Waals surface area (Å²) in [5.74, 6) is 1.36. The van der Waals surface area contributed by atoms with Crippen molar-refractivity contribution < 1.29 is 9.59 Å². The Morgan fingerprint density at radius 1 is 1.21 bits per heavy atom. The zero-order valence-corrected chi connectivity index (χ0v) is 12.0. The molecule has 1 unspecified atom stereocenters. The number of Topliss-reactive ketones (excluding diaryl/α,β-unsaturated/α-hetero) is 1. The van der Waals surface area contributed by atoms with Gasteiger partial charge in [0.15, 0.2) is 5.12 Å². The molecule has 1 aliphatic carbocycles. The predicted molar refractivity (Wildman–Crippen MR) is 78.9 cm³/mol. The lowest BCUT2D eigenvalue weighted by molar-refractivity contribution is -0.119. The van der Waals surface area contributed by atoms with Crippen LogP contribution in [0.15, 0.2) is 30.3 Å². The fourth-order valence-electron chi connectivity index (χ4n) is 2.49. The average Bonchev–Trinajstić information content (AvgIpc) is 2.62. The van der Waals surface area contributed by atoms with Gasteiger partial charge >= 0.3 is 0 Å². The van der Waals surface area contributed by atoms with Crippen LogP contribution in [0.4, 0.5) is 0 Å². The first-order valence-corrected chi connectivity index (χ1v) is 7.94. The van der Waals surface area contributed by atoms with Crippen LogP contribution < -0.4 is 0 Å². The summed E-state index contributed by atoms with van der Waals surface area (Å²) < 4.78 is 0. The summed E-state index contributed by atoms with van der Waals surface area (Å²) in [6, 6.07) is 10.0. The van der Waals surface area contributed by atoms with Gasteiger partial charge in [0.2, 0.25) is 0 Å². The van der Waals surface area contributed by atoms with Crippen molar-refractivity contribution in [1.82, 2.24) is 0 Å². The summed E-state index contributed by atoms with van der Waals surface area (Å²) in [5, 5.41) is 0.226. The number of benzene rings is 1. The van der Waals surface area contributed by atoms with E-state index in [1.807, 2.05) is 30.3 Å². The van der Waals surface area contributed by atoms with Gasteiger partial charge in [-0.15, -0.1) is 0 Å². The minimum Gasteiger partial charge on any atom is -0.300 e. The molecular formula is C16H20O2S. The summed E-state index contributed by atoms with van der Waals surface area (Å²) >= 11 is 1.38. The van der Waals surface area contributed by atoms with E-state index in [0.717, 1.165) is 25.0 Å². The second-order valence-corrected chi connectivity index (χ2v) is 6.24. The van der Waals surface area contributed by atoms with Crippen LogP contribution in [0.2, 0.25) is 0 Å². The lowest BCUT2D eigenvalue weighted by atomic mass is 9.97. The van der Waals surface area contributed by atoms with Crippen LogP contribution in [0.3, 0.4) is 0 Å². The second-order valence-electron chi connectivity index (χ2n) is 5.21. The maximum Gasteiger partial charge on any atom is 0.189 e. The Morgan fingerprint density at radius 3 is 2.79 bits per heavy atom. The lowest BCUT2D eigenvalue weighted by Gasteiger charge is -2.11. The minimum absolute atomic E-state index is 0.226. The highest BCUT2D eigenvalue weighted by molar-refractivity contribution is 8.12. The zero-order chi connectivity index (χ0) is 13.5. The quantitative estimate of drug-likeness (QED) is 0.780. The van der Waals surface area contributed by atoms with Crippen LogP contribution in [0.25, 0.3) is 0 Å². The molecule has 1 aliphatic rings. The largest absolute Gasteiger partial charge is 0.300 e. The van der Waals surface area contributed by atoms with Crippen LogP contribution in [0, 0.1) is 5.92 Å². The van der Waals surface area contributed by atoms with Gasteiger partial charge in [-0.2, -0.15) is 0 Å². The van der Waals surface area contributed by atoms with Gasteiger partial charge in [0.1, 0.15) is 5.78 Å². The van der Waals surface area contributed by atoms with Crippen LogP contribution in [0.5, 0.6) is 0 Å². The first-order valence-electron chi connectivity index (χ1n) is 6.95. The molecule has 1 fully saturated rings. The zero-order valence-electron chi connectivity index (χ0n) is 11.1. The van der Waals surface area contributed by atoms with Gasteiger partial charge in [-0.3, -0.25) is 9.59 Å². The fourth-order valence-corrected chi connectivity index (χ4v) is 3.36. The van der Waals surface area contributed by atoms with Crippen LogP contribution in [-0.4, -0.2) is 10.9 Å². The van der Waals surface area contributed by atoms with Crippen LogP contribution >= 0.6 is 11.8 Å². The minimum atomic E-state index is 0.226. The molecule has 0 spiro atoms. The fraction of sp³-hybridized carbons (Fsp3) is 0.500. The van der Waals surface area contributed by atoms with Crippen molar-refractivity contribution in [2.24, 2.45) is 5.92 Å². The molecule has 2 rings (SSSR count). The predicted octanol–water partition coefficient (Wildman–Crippen LogP) is 3.99. The first-order chi connectivity index (χ1) is 9.24. The number of carbonyl (C=O) groups excluding carboxylic acids is 2. The van der Waals surface area contributed by atoms with Crippen molar-refractivity contribution in [3.63, 3.8) is 0 Å². The molecule has 1 aromatic rings. The van der Waals surface area contributed by atoms with E-state index in [9.17, 15) is 9.59 Å². The van der Waals surface area contributed by atoms with E-state index >= 15 is 0 Å². The first kappa shape index (κ1) is 14.3. The Bertz CT molecular complexity index is 428. The molecular weight excluding hydrogens is 256 g/mol. The van der Waals surface area contributed by atoms with Gasteiger partial charge in [0.05, 0.1) is 0 Å². The van der Waals surface area contributed by atoms with Crippen molar-refractivity contribution in [3.8, 4) is 0 Å². The van der Waals surface area contributed by atoms with Gasteiger partial charge in [0, 0.05) is 25.0 Å². The summed E-state index contributed by atoms with van der Waals surface area (Å²) in [6.45, 7) is 0. The van der Waals surface area contributed by atoms with Crippen molar-refractivity contribution in [2.75, 3.05) is 0 Å². The molecule has 3 heteroatoms. The van der Waals surface area contributed by atoms with E-state index in [4.69, 9.17) is 0 Å². The Labute approximate surface area is 119 Å². The third-order valence-electron chi connectivity index (χ3n) is 3.53. The topological polar surface area (TPSA) is 34.1 Å². The highest BCUT2D eigenvalue weighted by Gasteiger charge is 2.20. The molecule has 0 radical (unpaired) electrons. The molecule has 0 aromatic heterocycles. The molecule has 1 saturated carbocycles. The summed E-state index contributed by atoms with van der Waals surface area (Å²) in [5.41, 5.74) is 1.18. The molecule has 1 atom stereocenters. The molecule has 0 bridgehead atoms. The van der Waals surface area contributed by atoms with E-state index in [-0.39, 0.29) is 11.0 Å². The summed E-state index contributed by atoms with van der Waals surface area (Å²) in [7, 11) is 0. The maximum absolute atomic E-state index is 12.0. The molecule has 0 heterocycles. The van der Waals surface area contributed by atoms with Gasteiger partial charge in [0.25, 0.3) is 0 Å². The molecule has 0 amide bonds. The third-order valence-corrected chi connectivity index (χ3v) is 4.50. The van der Waals surface area contributed by atoms with Crippen LogP contribution in [0.1, 0.15) is 44.1 Å². The Hall–Kier alpha value is -1.09. The van der Waals surface area contributed by atoms with E-state index in [1.165, 1.54) is 17.3 Å². The van der Waals surface area contributed by atoms with Crippen molar-refractivity contribution in [2.45, 2.75) is 44.3 Å². The van der Waals surface area contributed by atoms with Crippen molar-refractivity contribution in [1.29, 1.82) is 0 Å². The number of carbonyl (C=O) groups is 2. The van der Waals surface area contributed by atoms with Gasteiger partial charge in [-0.1, -0.05) is 48.5 Å². The molecule has 102 valence electrons.